The summed E-state index contributed by atoms with van der Waals surface area (Å²) in [5.74, 6) is 0. The van der Waals surface area contributed by atoms with E-state index in [4.69, 9.17) is 11.6 Å². The van der Waals surface area contributed by atoms with E-state index in [0.717, 1.165) is 15.7 Å². The van der Waals surface area contributed by atoms with Crippen molar-refractivity contribution in [3.05, 3.63) is 73.0 Å². The smallest absolute Gasteiger partial charge is 0.258 e. The third kappa shape index (κ3) is 4.41. The first kappa shape index (κ1) is 17.5. The first-order chi connectivity index (χ1) is 12.0. The van der Waals surface area contributed by atoms with E-state index in [9.17, 15) is 10.1 Å². The van der Waals surface area contributed by atoms with Crippen molar-refractivity contribution in [3.8, 4) is 11.3 Å². The number of benzene rings is 2. The third-order valence-corrected chi connectivity index (χ3v) is 4.78. The van der Waals surface area contributed by atoms with Gasteiger partial charge < -0.3 is 0 Å². The maximum absolute atomic E-state index is 10.9. The van der Waals surface area contributed by atoms with Crippen molar-refractivity contribution >= 4 is 55.9 Å². The van der Waals surface area contributed by atoms with Gasteiger partial charge in [0.1, 0.15) is 5.02 Å². The monoisotopic (exact) mass is 436 g/mol. The molecule has 0 radical (unpaired) electrons. The van der Waals surface area contributed by atoms with Crippen molar-refractivity contribution in [2.45, 2.75) is 0 Å². The lowest BCUT2D eigenvalue weighted by atomic mass is 10.2. The van der Waals surface area contributed by atoms with Gasteiger partial charge in [0.2, 0.25) is 5.13 Å². The lowest BCUT2D eigenvalue weighted by Crippen LogP contribution is -1.93. The van der Waals surface area contributed by atoms with Crippen molar-refractivity contribution in [2.24, 2.45) is 5.10 Å². The maximum Gasteiger partial charge on any atom is 0.288 e. The van der Waals surface area contributed by atoms with Gasteiger partial charge >= 0.3 is 0 Å². The minimum Gasteiger partial charge on any atom is -0.258 e. The number of nitrogens with zero attached hydrogens (tertiary/aromatic N) is 3. The van der Waals surface area contributed by atoms with Crippen LogP contribution in [0.3, 0.4) is 0 Å². The van der Waals surface area contributed by atoms with Crippen LogP contribution in [0.4, 0.5) is 10.8 Å². The largest absolute Gasteiger partial charge is 0.288 e. The lowest BCUT2D eigenvalue weighted by molar-refractivity contribution is -0.384. The molecule has 0 amide bonds. The molecule has 2 aromatic carbocycles. The summed E-state index contributed by atoms with van der Waals surface area (Å²) in [5, 5.41) is 17.6. The Morgan fingerprint density at radius 1 is 1.28 bits per heavy atom. The molecule has 0 bridgehead atoms. The Morgan fingerprint density at radius 3 is 2.76 bits per heavy atom. The number of hydrogen-bond acceptors (Lipinski definition) is 6. The number of hydrogen-bond donors (Lipinski definition) is 1. The third-order valence-electron chi connectivity index (χ3n) is 3.18. The molecule has 0 atom stereocenters. The summed E-state index contributed by atoms with van der Waals surface area (Å²) in [6.45, 7) is 0. The second-order valence-electron chi connectivity index (χ2n) is 4.88. The zero-order chi connectivity index (χ0) is 17.8. The summed E-state index contributed by atoms with van der Waals surface area (Å²) >= 11 is 10.6. The fourth-order valence-corrected chi connectivity index (χ4v) is 3.11. The van der Waals surface area contributed by atoms with Crippen LogP contribution in [-0.2, 0) is 0 Å². The molecule has 126 valence electrons. The van der Waals surface area contributed by atoms with E-state index in [2.05, 4.69) is 31.4 Å². The van der Waals surface area contributed by atoms with Crippen LogP contribution >= 0.6 is 38.9 Å². The van der Waals surface area contributed by atoms with Gasteiger partial charge in [0.15, 0.2) is 0 Å². The highest BCUT2D eigenvalue weighted by Gasteiger charge is 2.11. The summed E-state index contributed by atoms with van der Waals surface area (Å²) in [5.41, 5.74) is 5.08. The van der Waals surface area contributed by atoms with E-state index in [1.165, 1.54) is 29.7 Å². The van der Waals surface area contributed by atoms with E-state index in [1.807, 2.05) is 29.6 Å². The van der Waals surface area contributed by atoms with Crippen molar-refractivity contribution in [1.82, 2.24) is 4.98 Å². The molecule has 3 aromatic rings. The van der Waals surface area contributed by atoms with Crippen LogP contribution < -0.4 is 5.43 Å². The minimum atomic E-state index is -0.529. The number of nitro benzene ring substituents is 1. The number of nitrogens with one attached hydrogen (secondary N) is 1. The van der Waals surface area contributed by atoms with Gasteiger partial charge in [-0.05, 0) is 18.2 Å². The van der Waals surface area contributed by atoms with Gasteiger partial charge in [0, 0.05) is 27.0 Å². The second kappa shape index (κ2) is 7.73. The van der Waals surface area contributed by atoms with E-state index in [0.29, 0.717) is 10.7 Å². The molecule has 0 fully saturated rings. The van der Waals surface area contributed by atoms with Crippen LogP contribution in [0.5, 0.6) is 0 Å². The number of rotatable bonds is 5. The molecule has 1 aromatic heterocycles. The molecule has 0 unspecified atom stereocenters. The molecule has 0 aliphatic rings. The highest BCUT2D eigenvalue weighted by Crippen LogP contribution is 2.26. The predicted octanol–water partition coefficient (Wildman–Crippen LogP) is 5.58. The topological polar surface area (TPSA) is 80.4 Å². The van der Waals surface area contributed by atoms with E-state index < -0.39 is 4.92 Å². The quantitative estimate of drug-likeness (QED) is 0.321. The van der Waals surface area contributed by atoms with Gasteiger partial charge in [-0.3, -0.25) is 15.5 Å². The Kier molecular flexibility index (Phi) is 5.42. The lowest BCUT2D eigenvalue weighted by Gasteiger charge is -1.98. The average molecular weight is 438 g/mol. The SMILES string of the molecule is O=[N+]([O-])c1cc(/C=N/Nc2nc(-c3ccc(Br)cc3)cs2)ccc1Cl. The fourth-order valence-electron chi connectivity index (χ4n) is 1.99. The Morgan fingerprint density at radius 2 is 2.04 bits per heavy atom. The average Bonchev–Trinajstić information content (AvgIpc) is 3.05. The van der Waals surface area contributed by atoms with Crippen molar-refractivity contribution in [2.75, 3.05) is 5.43 Å². The summed E-state index contributed by atoms with van der Waals surface area (Å²) in [4.78, 5) is 14.8. The number of aromatic nitrogens is 1. The molecule has 0 saturated carbocycles. The molecular formula is C16H10BrClN4O2S. The van der Waals surface area contributed by atoms with Crippen molar-refractivity contribution < 1.29 is 4.92 Å². The normalized spacial score (nSPS) is 11.0. The summed E-state index contributed by atoms with van der Waals surface area (Å²) in [7, 11) is 0. The zero-order valence-electron chi connectivity index (χ0n) is 12.5. The van der Waals surface area contributed by atoms with Crippen molar-refractivity contribution in [1.29, 1.82) is 0 Å². The van der Waals surface area contributed by atoms with Crippen molar-refractivity contribution in [3.63, 3.8) is 0 Å². The summed E-state index contributed by atoms with van der Waals surface area (Å²) < 4.78 is 1.01. The van der Waals surface area contributed by atoms with Gasteiger partial charge in [-0.15, -0.1) is 11.3 Å². The zero-order valence-corrected chi connectivity index (χ0v) is 15.7. The molecule has 0 spiro atoms. The van der Waals surface area contributed by atoms with Crippen LogP contribution in [0.2, 0.25) is 5.02 Å². The Bertz CT molecular complexity index is 944. The van der Waals surface area contributed by atoms with Crippen LogP contribution in [0.25, 0.3) is 11.3 Å². The molecule has 6 nitrogen and oxygen atoms in total. The summed E-state index contributed by atoms with van der Waals surface area (Å²) in [6, 6.07) is 12.3. The highest BCUT2D eigenvalue weighted by atomic mass is 79.9. The van der Waals surface area contributed by atoms with Crippen LogP contribution in [0, 0.1) is 10.1 Å². The van der Waals surface area contributed by atoms with Crippen LogP contribution in [-0.4, -0.2) is 16.1 Å². The van der Waals surface area contributed by atoms with Gasteiger partial charge in [-0.2, -0.15) is 5.10 Å². The van der Waals surface area contributed by atoms with Crippen LogP contribution in [0.15, 0.2) is 57.4 Å². The van der Waals surface area contributed by atoms with Gasteiger partial charge in [0.05, 0.1) is 16.8 Å². The van der Waals surface area contributed by atoms with Crippen LogP contribution in [0.1, 0.15) is 5.56 Å². The number of hydrazone groups is 1. The van der Waals surface area contributed by atoms with E-state index >= 15 is 0 Å². The second-order valence-corrected chi connectivity index (χ2v) is 7.06. The van der Waals surface area contributed by atoms with E-state index in [1.54, 1.807) is 6.07 Å². The molecule has 25 heavy (non-hydrogen) atoms. The Balaban J connectivity index is 1.70. The number of thiazole rings is 1. The molecule has 3 rings (SSSR count). The Labute approximate surface area is 160 Å². The van der Waals surface area contributed by atoms with Gasteiger partial charge in [0.25, 0.3) is 5.69 Å². The summed E-state index contributed by atoms with van der Waals surface area (Å²) in [6.07, 6.45) is 1.48. The predicted molar refractivity (Wildman–Crippen MR) is 105 cm³/mol. The first-order valence-electron chi connectivity index (χ1n) is 6.97. The standard InChI is InChI=1S/C16H10BrClN4O2S/c17-12-4-2-11(3-5-12)14-9-25-16(20-14)21-19-8-10-1-6-13(18)15(7-10)22(23)24/h1-9H,(H,20,21)/b19-8+. The van der Waals surface area contributed by atoms with Gasteiger partial charge in [-0.25, -0.2) is 4.98 Å². The number of halogens is 2. The number of anilines is 1. The fraction of sp³-hybridized carbons (Fsp3) is 0. The maximum atomic E-state index is 10.9. The molecular weight excluding hydrogens is 428 g/mol. The molecule has 0 aliphatic heterocycles. The first-order valence-corrected chi connectivity index (χ1v) is 9.02. The highest BCUT2D eigenvalue weighted by molar-refractivity contribution is 9.10. The molecule has 0 saturated heterocycles. The van der Waals surface area contributed by atoms with Gasteiger partial charge in [-0.1, -0.05) is 45.7 Å². The Hall–Kier alpha value is -2.29. The molecule has 9 heteroatoms. The number of nitro groups is 1. The molecule has 1 N–H and O–H groups in total. The van der Waals surface area contributed by atoms with E-state index in [-0.39, 0.29) is 10.7 Å². The minimum absolute atomic E-state index is 0.0918. The molecule has 1 heterocycles. The molecule has 0 aliphatic carbocycles.